The number of hydrogen-bond donors (Lipinski definition) is 1. The highest BCUT2D eigenvalue weighted by Gasteiger charge is 2.01. The molecule has 0 bridgehead atoms. The molecule has 0 fully saturated rings. The molecule has 2 aromatic rings. The van der Waals surface area contributed by atoms with Crippen LogP contribution in [0.1, 0.15) is 24.6 Å². The van der Waals surface area contributed by atoms with Crippen molar-refractivity contribution in [3.05, 3.63) is 58.9 Å². The highest BCUT2D eigenvalue weighted by atomic mass is 35.5. The van der Waals surface area contributed by atoms with Crippen molar-refractivity contribution in [2.75, 3.05) is 6.54 Å². The first kappa shape index (κ1) is 13.2. The summed E-state index contributed by atoms with van der Waals surface area (Å²) in [5, 5.41) is 4.22. The molecule has 1 heterocycles. The van der Waals surface area contributed by atoms with Crippen LogP contribution in [0.2, 0.25) is 5.02 Å². The molecule has 2 rings (SSSR count). The first-order valence-electron chi connectivity index (χ1n) is 6.39. The molecule has 1 aromatic heterocycles. The van der Waals surface area contributed by atoms with Gasteiger partial charge in [0.05, 0.1) is 0 Å². The third kappa shape index (κ3) is 3.62. The fourth-order valence-corrected chi connectivity index (χ4v) is 2.20. The van der Waals surface area contributed by atoms with Gasteiger partial charge in [-0.2, -0.15) is 0 Å². The van der Waals surface area contributed by atoms with Crippen molar-refractivity contribution in [1.29, 1.82) is 0 Å². The van der Waals surface area contributed by atoms with Crippen molar-refractivity contribution in [2.24, 2.45) is 0 Å². The van der Waals surface area contributed by atoms with Crippen molar-refractivity contribution in [2.45, 2.75) is 26.4 Å². The molecule has 0 aliphatic carbocycles. The molecule has 0 aliphatic rings. The van der Waals surface area contributed by atoms with Crippen LogP contribution >= 0.6 is 11.6 Å². The first-order valence-corrected chi connectivity index (χ1v) is 6.76. The number of hydrogen-bond acceptors (Lipinski definition) is 1. The Morgan fingerprint density at radius 2 is 2.11 bits per heavy atom. The fraction of sp³-hybridized carbons (Fsp3) is 0.333. The van der Waals surface area contributed by atoms with Crippen LogP contribution in [0.15, 0.2) is 42.6 Å². The van der Waals surface area contributed by atoms with Crippen molar-refractivity contribution < 1.29 is 0 Å². The molecule has 0 saturated carbocycles. The average Bonchev–Trinajstić information content (AvgIpc) is 2.77. The van der Waals surface area contributed by atoms with E-state index < -0.39 is 0 Å². The minimum Gasteiger partial charge on any atom is -0.346 e. The van der Waals surface area contributed by atoms with Gasteiger partial charge in [0.2, 0.25) is 0 Å². The maximum atomic E-state index is 6.01. The van der Waals surface area contributed by atoms with Crippen molar-refractivity contribution in [1.82, 2.24) is 9.88 Å². The second kappa shape index (κ2) is 6.62. The van der Waals surface area contributed by atoms with Gasteiger partial charge < -0.3 is 9.88 Å². The van der Waals surface area contributed by atoms with Gasteiger partial charge in [-0.15, -0.1) is 0 Å². The molecule has 0 unspecified atom stereocenters. The Kier molecular flexibility index (Phi) is 4.85. The molecule has 0 atom stereocenters. The van der Waals surface area contributed by atoms with Crippen LogP contribution in [0, 0.1) is 0 Å². The van der Waals surface area contributed by atoms with Crippen LogP contribution in [-0.4, -0.2) is 11.1 Å². The summed E-state index contributed by atoms with van der Waals surface area (Å²) in [5.74, 6) is 0. The molecule has 1 aromatic carbocycles. The van der Waals surface area contributed by atoms with Crippen LogP contribution in [0.5, 0.6) is 0 Å². The highest BCUT2D eigenvalue weighted by Crippen LogP contribution is 2.13. The molecule has 0 aliphatic heterocycles. The van der Waals surface area contributed by atoms with E-state index in [2.05, 4.69) is 41.2 Å². The monoisotopic (exact) mass is 262 g/mol. The second-order valence-electron chi connectivity index (χ2n) is 4.43. The van der Waals surface area contributed by atoms with E-state index in [9.17, 15) is 0 Å². The fourth-order valence-electron chi connectivity index (χ4n) is 1.99. The number of aromatic nitrogens is 1. The molecule has 0 spiro atoms. The van der Waals surface area contributed by atoms with E-state index in [-0.39, 0.29) is 0 Å². The standard InChI is InChI=1S/C15H19ClN2/c1-2-8-17-11-15-7-4-9-18(15)12-13-5-3-6-14(16)10-13/h3-7,9-10,17H,2,8,11-12H2,1H3. The lowest BCUT2D eigenvalue weighted by atomic mass is 10.2. The van der Waals surface area contributed by atoms with Gasteiger partial charge in [-0.05, 0) is 42.8 Å². The SMILES string of the molecule is CCCNCc1cccn1Cc1cccc(Cl)c1. The largest absolute Gasteiger partial charge is 0.346 e. The summed E-state index contributed by atoms with van der Waals surface area (Å²) >= 11 is 6.01. The van der Waals surface area contributed by atoms with Gasteiger partial charge in [-0.3, -0.25) is 0 Å². The molecule has 96 valence electrons. The Bertz CT molecular complexity index is 491. The van der Waals surface area contributed by atoms with Crippen molar-refractivity contribution in [3.8, 4) is 0 Å². The maximum absolute atomic E-state index is 6.01. The van der Waals surface area contributed by atoms with Gasteiger partial charge >= 0.3 is 0 Å². The Morgan fingerprint density at radius 3 is 2.89 bits per heavy atom. The van der Waals surface area contributed by atoms with Crippen LogP contribution in [0.4, 0.5) is 0 Å². The smallest absolute Gasteiger partial charge is 0.0473 e. The Morgan fingerprint density at radius 1 is 1.22 bits per heavy atom. The number of nitrogens with one attached hydrogen (secondary N) is 1. The third-order valence-corrected chi connectivity index (χ3v) is 3.13. The summed E-state index contributed by atoms with van der Waals surface area (Å²) in [4.78, 5) is 0. The molecule has 3 heteroatoms. The van der Waals surface area contributed by atoms with E-state index in [4.69, 9.17) is 11.6 Å². The van der Waals surface area contributed by atoms with Gasteiger partial charge in [-0.1, -0.05) is 30.7 Å². The van der Waals surface area contributed by atoms with Gasteiger partial charge in [0.15, 0.2) is 0 Å². The van der Waals surface area contributed by atoms with E-state index in [0.29, 0.717) is 0 Å². The van der Waals surface area contributed by atoms with Gasteiger partial charge in [0.25, 0.3) is 0 Å². The van der Waals surface area contributed by atoms with Gasteiger partial charge in [0, 0.05) is 30.0 Å². The van der Waals surface area contributed by atoms with E-state index in [0.717, 1.165) is 31.1 Å². The molecule has 0 saturated heterocycles. The number of halogens is 1. The summed E-state index contributed by atoms with van der Waals surface area (Å²) in [6, 6.07) is 12.3. The highest BCUT2D eigenvalue weighted by molar-refractivity contribution is 6.30. The second-order valence-corrected chi connectivity index (χ2v) is 4.87. The Hall–Kier alpha value is -1.25. The molecule has 0 amide bonds. The topological polar surface area (TPSA) is 17.0 Å². The van der Waals surface area contributed by atoms with E-state index >= 15 is 0 Å². The lowest BCUT2D eigenvalue weighted by Gasteiger charge is -2.10. The zero-order valence-electron chi connectivity index (χ0n) is 10.7. The lowest BCUT2D eigenvalue weighted by Crippen LogP contribution is -2.16. The van der Waals surface area contributed by atoms with E-state index in [1.165, 1.54) is 11.3 Å². The molecule has 0 radical (unpaired) electrons. The molecular formula is C15H19ClN2. The Balaban J connectivity index is 2.03. The van der Waals surface area contributed by atoms with Crippen LogP contribution in [-0.2, 0) is 13.1 Å². The zero-order chi connectivity index (χ0) is 12.8. The predicted octanol–water partition coefficient (Wildman–Crippen LogP) is 3.69. The number of benzene rings is 1. The molecule has 2 nitrogen and oxygen atoms in total. The van der Waals surface area contributed by atoms with E-state index in [1.807, 2.05) is 18.2 Å². The van der Waals surface area contributed by atoms with E-state index in [1.54, 1.807) is 0 Å². The number of rotatable bonds is 6. The predicted molar refractivity (Wildman–Crippen MR) is 77.0 cm³/mol. The maximum Gasteiger partial charge on any atom is 0.0473 e. The summed E-state index contributed by atoms with van der Waals surface area (Å²) in [6.07, 6.45) is 3.28. The minimum atomic E-state index is 0.797. The van der Waals surface area contributed by atoms with Crippen LogP contribution < -0.4 is 5.32 Å². The van der Waals surface area contributed by atoms with Gasteiger partial charge in [-0.25, -0.2) is 0 Å². The van der Waals surface area contributed by atoms with Crippen molar-refractivity contribution >= 4 is 11.6 Å². The van der Waals surface area contributed by atoms with Crippen LogP contribution in [0.3, 0.4) is 0 Å². The van der Waals surface area contributed by atoms with Gasteiger partial charge in [0.1, 0.15) is 0 Å². The minimum absolute atomic E-state index is 0.797. The van der Waals surface area contributed by atoms with Crippen molar-refractivity contribution in [3.63, 3.8) is 0 Å². The lowest BCUT2D eigenvalue weighted by molar-refractivity contribution is 0.630. The normalized spacial score (nSPS) is 10.8. The molecule has 18 heavy (non-hydrogen) atoms. The molecular weight excluding hydrogens is 244 g/mol. The number of nitrogens with zero attached hydrogens (tertiary/aromatic N) is 1. The average molecular weight is 263 g/mol. The summed E-state index contributed by atoms with van der Waals surface area (Å²) in [6.45, 7) is 5.03. The zero-order valence-corrected chi connectivity index (χ0v) is 11.5. The van der Waals surface area contributed by atoms with Crippen LogP contribution in [0.25, 0.3) is 0 Å². The summed E-state index contributed by atoms with van der Waals surface area (Å²) < 4.78 is 2.26. The third-order valence-electron chi connectivity index (χ3n) is 2.90. The summed E-state index contributed by atoms with van der Waals surface area (Å²) in [5.41, 5.74) is 2.54. The quantitative estimate of drug-likeness (QED) is 0.786. The molecule has 1 N–H and O–H groups in total. The summed E-state index contributed by atoms with van der Waals surface area (Å²) in [7, 11) is 0. The Labute approximate surface area is 114 Å². The first-order chi connectivity index (χ1) is 8.79.